The second-order valence-corrected chi connectivity index (χ2v) is 6.37. The predicted octanol–water partition coefficient (Wildman–Crippen LogP) is 2.25. The van der Waals surface area contributed by atoms with Gasteiger partial charge in [0, 0.05) is 12.7 Å². The molecule has 0 aliphatic carbocycles. The SMILES string of the molecule is Cc1nn(C)c(C)c1OCC(=O)Nc1cccc(-n2ncc(C(=O)O)c2C)c1. The third-order valence-electron chi connectivity index (χ3n) is 4.40. The van der Waals surface area contributed by atoms with Crippen LogP contribution in [0.2, 0.25) is 0 Å². The highest BCUT2D eigenvalue weighted by atomic mass is 16.5. The Balaban J connectivity index is 1.71. The van der Waals surface area contributed by atoms with E-state index in [4.69, 9.17) is 9.84 Å². The van der Waals surface area contributed by atoms with Crippen molar-refractivity contribution in [3.63, 3.8) is 0 Å². The van der Waals surface area contributed by atoms with Crippen LogP contribution >= 0.6 is 0 Å². The second kappa shape index (κ2) is 7.55. The molecule has 0 fully saturated rings. The maximum atomic E-state index is 12.3. The van der Waals surface area contributed by atoms with E-state index in [2.05, 4.69) is 15.5 Å². The van der Waals surface area contributed by atoms with Gasteiger partial charge < -0.3 is 15.2 Å². The maximum Gasteiger partial charge on any atom is 0.339 e. The van der Waals surface area contributed by atoms with E-state index in [0.717, 1.165) is 11.4 Å². The Bertz CT molecular complexity index is 1050. The molecule has 9 nitrogen and oxygen atoms in total. The van der Waals surface area contributed by atoms with Gasteiger partial charge in [-0.15, -0.1) is 0 Å². The van der Waals surface area contributed by atoms with Crippen molar-refractivity contribution in [1.29, 1.82) is 0 Å². The summed E-state index contributed by atoms with van der Waals surface area (Å²) in [5, 5.41) is 20.3. The van der Waals surface area contributed by atoms with Crippen LogP contribution in [0.25, 0.3) is 5.69 Å². The molecular formula is C19H21N5O4. The van der Waals surface area contributed by atoms with Crippen LogP contribution in [0.3, 0.4) is 0 Å². The number of amides is 1. The molecule has 0 aliphatic heterocycles. The highest BCUT2D eigenvalue weighted by Crippen LogP contribution is 2.22. The topological polar surface area (TPSA) is 111 Å². The number of ether oxygens (including phenoxy) is 1. The van der Waals surface area contributed by atoms with Crippen molar-refractivity contribution in [3.8, 4) is 11.4 Å². The molecule has 0 radical (unpaired) electrons. The molecular weight excluding hydrogens is 362 g/mol. The van der Waals surface area contributed by atoms with Crippen LogP contribution in [0.5, 0.6) is 5.75 Å². The molecule has 2 aromatic heterocycles. The highest BCUT2D eigenvalue weighted by molar-refractivity contribution is 5.92. The number of aryl methyl sites for hydroxylation is 2. The molecule has 146 valence electrons. The van der Waals surface area contributed by atoms with Gasteiger partial charge in [-0.2, -0.15) is 10.2 Å². The van der Waals surface area contributed by atoms with Crippen LogP contribution in [0.15, 0.2) is 30.5 Å². The van der Waals surface area contributed by atoms with E-state index in [1.165, 1.54) is 10.9 Å². The normalized spacial score (nSPS) is 10.7. The third kappa shape index (κ3) is 3.73. The summed E-state index contributed by atoms with van der Waals surface area (Å²) in [7, 11) is 1.81. The summed E-state index contributed by atoms with van der Waals surface area (Å²) in [6, 6.07) is 6.98. The summed E-state index contributed by atoms with van der Waals surface area (Å²) >= 11 is 0. The molecule has 3 aromatic rings. The van der Waals surface area contributed by atoms with E-state index in [-0.39, 0.29) is 18.1 Å². The van der Waals surface area contributed by atoms with Crippen molar-refractivity contribution in [2.75, 3.05) is 11.9 Å². The summed E-state index contributed by atoms with van der Waals surface area (Å²) in [6.45, 7) is 5.21. The van der Waals surface area contributed by atoms with Crippen molar-refractivity contribution < 1.29 is 19.4 Å². The second-order valence-electron chi connectivity index (χ2n) is 6.37. The zero-order chi connectivity index (χ0) is 20.4. The van der Waals surface area contributed by atoms with Gasteiger partial charge >= 0.3 is 5.97 Å². The number of aromatic carboxylic acids is 1. The standard InChI is InChI=1S/C19H21N5O4/c1-11-18(13(3)23(4)22-11)28-10-17(25)21-14-6-5-7-15(8-14)24-12(2)16(9-20-24)19(26)27/h5-9H,10H2,1-4H3,(H,21,25)(H,26,27). The molecule has 0 unspecified atom stereocenters. The summed E-state index contributed by atoms with van der Waals surface area (Å²) in [5.41, 5.74) is 3.39. The lowest BCUT2D eigenvalue weighted by Gasteiger charge is -2.10. The first-order chi connectivity index (χ1) is 13.3. The Labute approximate surface area is 161 Å². The number of anilines is 1. The fourth-order valence-electron chi connectivity index (χ4n) is 2.89. The van der Waals surface area contributed by atoms with Crippen LogP contribution < -0.4 is 10.1 Å². The van der Waals surface area contributed by atoms with E-state index in [1.54, 1.807) is 35.9 Å². The zero-order valence-corrected chi connectivity index (χ0v) is 16.1. The number of hydrogen-bond donors (Lipinski definition) is 2. The number of rotatable bonds is 6. The lowest BCUT2D eigenvalue weighted by atomic mass is 10.2. The van der Waals surface area contributed by atoms with Gasteiger partial charge in [-0.3, -0.25) is 9.48 Å². The van der Waals surface area contributed by atoms with Gasteiger partial charge in [-0.25, -0.2) is 9.48 Å². The van der Waals surface area contributed by atoms with E-state index >= 15 is 0 Å². The van der Waals surface area contributed by atoms with Gasteiger partial charge in [0.2, 0.25) is 0 Å². The molecule has 9 heteroatoms. The number of carboxylic acids is 1. The van der Waals surface area contributed by atoms with Crippen LogP contribution in [0, 0.1) is 20.8 Å². The Morgan fingerprint density at radius 3 is 2.57 bits per heavy atom. The van der Waals surface area contributed by atoms with Gasteiger partial charge in [0.15, 0.2) is 12.4 Å². The molecule has 1 amide bonds. The van der Waals surface area contributed by atoms with Crippen molar-refractivity contribution in [2.24, 2.45) is 7.05 Å². The molecule has 28 heavy (non-hydrogen) atoms. The average Bonchev–Trinajstić information content (AvgIpc) is 3.13. The van der Waals surface area contributed by atoms with E-state index in [9.17, 15) is 9.59 Å². The lowest BCUT2D eigenvalue weighted by Crippen LogP contribution is -2.20. The van der Waals surface area contributed by atoms with Gasteiger partial charge in [0.25, 0.3) is 5.91 Å². The first-order valence-electron chi connectivity index (χ1n) is 8.59. The van der Waals surface area contributed by atoms with Crippen molar-refractivity contribution >= 4 is 17.6 Å². The Morgan fingerprint density at radius 1 is 1.21 bits per heavy atom. The molecule has 0 atom stereocenters. The Hall–Kier alpha value is -3.62. The van der Waals surface area contributed by atoms with Crippen LogP contribution in [0.4, 0.5) is 5.69 Å². The highest BCUT2D eigenvalue weighted by Gasteiger charge is 2.15. The monoisotopic (exact) mass is 383 g/mol. The molecule has 0 saturated heterocycles. The third-order valence-corrected chi connectivity index (χ3v) is 4.40. The van der Waals surface area contributed by atoms with Gasteiger partial charge in [0.05, 0.1) is 23.3 Å². The number of benzene rings is 1. The van der Waals surface area contributed by atoms with E-state index in [1.807, 2.05) is 20.9 Å². The summed E-state index contributed by atoms with van der Waals surface area (Å²) in [5.74, 6) is -0.755. The first kappa shape index (κ1) is 19.2. The molecule has 0 bridgehead atoms. The number of aromatic nitrogens is 4. The first-order valence-corrected chi connectivity index (χ1v) is 8.59. The van der Waals surface area contributed by atoms with Crippen molar-refractivity contribution in [1.82, 2.24) is 19.6 Å². The minimum Gasteiger partial charge on any atom is -0.480 e. The van der Waals surface area contributed by atoms with Crippen LogP contribution in [0.1, 0.15) is 27.4 Å². The fraction of sp³-hybridized carbons (Fsp3) is 0.263. The summed E-state index contributed by atoms with van der Waals surface area (Å²) in [4.78, 5) is 23.4. The minimum atomic E-state index is -1.04. The van der Waals surface area contributed by atoms with Crippen LogP contribution in [-0.2, 0) is 11.8 Å². The number of carbonyl (C=O) groups excluding carboxylic acids is 1. The molecule has 2 heterocycles. The average molecular weight is 383 g/mol. The quantitative estimate of drug-likeness (QED) is 0.675. The largest absolute Gasteiger partial charge is 0.480 e. The van der Waals surface area contributed by atoms with Gasteiger partial charge in [0.1, 0.15) is 11.3 Å². The van der Waals surface area contributed by atoms with Gasteiger partial charge in [-0.05, 0) is 39.0 Å². The number of carbonyl (C=O) groups is 2. The molecule has 2 N–H and O–H groups in total. The summed E-state index contributed by atoms with van der Waals surface area (Å²) in [6.07, 6.45) is 1.30. The molecule has 1 aromatic carbocycles. The Morgan fingerprint density at radius 2 is 1.96 bits per heavy atom. The predicted molar refractivity (Wildman–Crippen MR) is 102 cm³/mol. The fourth-order valence-corrected chi connectivity index (χ4v) is 2.89. The van der Waals surface area contributed by atoms with E-state index in [0.29, 0.717) is 22.8 Å². The lowest BCUT2D eigenvalue weighted by molar-refractivity contribution is -0.118. The van der Waals surface area contributed by atoms with Gasteiger partial charge in [-0.1, -0.05) is 6.07 Å². The maximum absolute atomic E-state index is 12.3. The molecule has 0 spiro atoms. The zero-order valence-electron chi connectivity index (χ0n) is 16.1. The molecule has 0 aliphatic rings. The minimum absolute atomic E-state index is 0.130. The molecule has 3 rings (SSSR count). The van der Waals surface area contributed by atoms with Crippen molar-refractivity contribution in [3.05, 3.63) is 53.1 Å². The van der Waals surface area contributed by atoms with Crippen molar-refractivity contribution in [2.45, 2.75) is 20.8 Å². The molecule has 0 saturated carbocycles. The Kier molecular flexibility index (Phi) is 5.16. The number of nitrogens with zero attached hydrogens (tertiary/aromatic N) is 4. The number of carboxylic acid groups (broad SMARTS) is 1. The van der Waals surface area contributed by atoms with E-state index < -0.39 is 5.97 Å². The van der Waals surface area contributed by atoms with Crippen LogP contribution in [-0.4, -0.2) is 43.2 Å². The smallest absolute Gasteiger partial charge is 0.339 e. The number of nitrogens with one attached hydrogen (secondary N) is 1. The number of hydrogen-bond acceptors (Lipinski definition) is 5. The summed E-state index contributed by atoms with van der Waals surface area (Å²) < 4.78 is 8.82.